The quantitative estimate of drug-likeness (QED) is 0.691. The predicted octanol–water partition coefficient (Wildman–Crippen LogP) is 3.06. The molecule has 1 aliphatic heterocycles. The van der Waals surface area contributed by atoms with Crippen LogP contribution >= 0.6 is 0 Å². The second-order valence-electron chi connectivity index (χ2n) is 6.54. The summed E-state index contributed by atoms with van der Waals surface area (Å²) in [4.78, 5) is 0.248. The van der Waals surface area contributed by atoms with Gasteiger partial charge < -0.3 is 9.84 Å². The number of rotatable bonds is 9. The molecule has 24 heavy (non-hydrogen) atoms. The van der Waals surface area contributed by atoms with Crippen LogP contribution in [-0.2, 0) is 14.8 Å². The third kappa shape index (κ3) is 3.99. The Morgan fingerprint density at radius 2 is 1.75 bits per heavy atom. The Kier molecular flexibility index (Phi) is 6.80. The second-order valence-corrected chi connectivity index (χ2v) is 8.38. The van der Waals surface area contributed by atoms with E-state index in [2.05, 4.69) is 6.92 Å². The number of nitrogens with zero attached hydrogens (tertiary/aromatic N) is 1. The molecule has 136 valence electrons. The van der Waals surface area contributed by atoms with Crippen molar-refractivity contribution in [3.63, 3.8) is 0 Å². The SMILES string of the molecule is CCCCCCC[C@@H]1[C@@H](O)[C@H](OC)N1S(=O)(=O)c1ccc(C)cc1. The molecule has 0 bridgehead atoms. The van der Waals surface area contributed by atoms with Gasteiger partial charge in [0, 0.05) is 7.11 Å². The van der Waals surface area contributed by atoms with E-state index in [1.807, 2.05) is 6.92 Å². The van der Waals surface area contributed by atoms with Gasteiger partial charge in [-0.15, -0.1) is 0 Å². The average molecular weight is 356 g/mol. The van der Waals surface area contributed by atoms with Crippen LogP contribution in [0.3, 0.4) is 0 Å². The van der Waals surface area contributed by atoms with Gasteiger partial charge in [0.25, 0.3) is 0 Å². The van der Waals surface area contributed by atoms with Crippen molar-refractivity contribution in [2.75, 3.05) is 7.11 Å². The van der Waals surface area contributed by atoms with E-state index in [1.165, 1.54) is 24.3 Å². The maximum absolute atomic E-state index is 12.9. The van der Waals surface area contributed by atoms with Gasteiger partial charge in [-0.3, -0.25) is 0 Å². The predicted molar refractivity (Wildman–Crippen MR) is 94.2 cm³/mol. The van der Waals surface area contributed by atoms with Crippen LogP contribution in [0.1, 0.15) is 51.0 Å². The van der Waals surface area contributed by atoms with Gasteiger partial charge in [0.05, 0.1) is 10.9 Å². The second kappa shape index (κ2) is 8.43. The lowest BCUT2D eigenvalue weighted by Gasteiger charge is -2.50. The summed E-state index contributed by atoms with van der Waals surface area (Å²) in [6.45, 7) is 4.08. The summed E-state index contributed by atoms with van der Waals surface area (Å²) in [5, 5.41) is 10.3. The highest BCUT2D eigenvalue weighted by Gasteiger charge is 2.54. The number of hydrogen-bond acceptors (Lipinski definition) is 4. The number of hydrogen-bond donors (Lipinski definition) is 1. The zero-order valence-corrected chi connectivity index (χ0v) is 15.6. The standard InChI is InChI=1S/C18H29NO4S/c1-4-5-6-7-8-9-16-17(20)18(23-3)19(16)24(21,22)15-12-10-14(2)11-13-15/h10-13,16-18,20H,4-9H2,1-3H3/t16-,17-,18+/m1/s1. The van der Waals surface area contributed by atoms with Gasteiger partial charge in [0.15, 0.2) is 6.23 Å². The van der Waals surface area contributed by atoms with E-state index >= 15 is 0 Å². The first kappa shape index (κ1) is 19.4. The van der Waals surface area contributed by atoms with Crippen molar-refractivity contribution in [3.8, 4) is 0 Å². The Balaban J connectivity index is 2.10. The maximum atomic E-state index is 12.9. The lowest BCUT2D eigenvalue weighted by atomic mass is 9.94. The molecule has 0 unspecified atom stereocenters. The van der Waals surface area contributed by atoms with E-state index in [-0.39, 0.29) is 4.90 Å². The summed E-state index contributed by atoms with van der Waals surface area (Å²) < 4.78 is 32.4. The third-order valence-electron chi connectivity index (χ3n) is 4.71. The first-order chi connectivity index (χ1) is 11.4. The van der Waals surface area contributed by atoms with E-state index in [0.717, 1.165) is 24.8 Å². The molecule has 0 saturated carbocycles. The van der Waals surface area contributed by atoms with E-state index in [4.69, 9.17) is 4.74 Å². The highest BCUT2D eigenvalue weighted by Crippen LogP contribution is 2.36. The Hall–Kier alpha value is -0.950. The normalized spacial score (nSPS) is 24.8. The van der Waals surface area contributed by atoms with Crippen LogP contribution in [0.2, 0.25) is 0 Å². The van der Waals surface area contributed by atoms with Crippen molar-refractivity contribution >= 4 is 10.0 Å². The monoisotopic (exact) mass is 355 g/mol. The molecule has 0 aromatic heterocycles. The molecule has 5 nitrogen and oxygen atoms in total. The molecular weight excluding hydrogens is 326 g/mol. The summed E-state index contributed by atoms with van der Waals surface area (Å²) in [5.41, 5.74) is 1.01. The molecule has 1 heterocycles. The van der Waals surface area contributed by atoms with E-state index < -0.39 is 28.4 Å². The van der Waals surface area contributed by atoms with E-state index in [1.54, 1.807) is 24.3 Å². The molecule has 0 amide bonds. The molecule has 1 aromatic rings. The number of aryl methyl sites for hydroxylation is 1. The fourth-order valence-corrected chi connectivity index (χ4v) is 5.02. The zero-order valence-electron chi connectivity index (χ0n) is 14.8. The van der Waals surface area contributed by atoms with Crippen molar-refractivity contribution in [1.82, 2.24) is 4.31 Å². The largest absolute Gasteiger partial charge is 0.387 e. The molecule has 1 aliphatic rings. The van der Waals surface area contributed by atoms with Gasteiger partial charge in [-0.05, 0) is 25.5 Å². The van der Waals surface area contributed by atoms with Gasteiger partial charge in [0.1, 0.15) is 6.10 Å². The van der Waals surface area contributed by atoms with Crippen LogP contribution in [0.25, 0.3) is 0 Å². The molecule has 0 aliphatic carbocycles. The fourth-order valence-electron chi connectivity index (χ4n) is 3.22. The van der Waals surface area contributed by atoms with Crippen LogP contribution in [0, 0.1) is 6.92 Å². The molecule has 1 fully saturated rings. The van der Waals surface area contributed by atoms with Crippen molar-refractivity contribution in [3.05, 3.63) is 29.8 Å². The smallest absolute Gasteiger partial charge is 0.245 e. The zero-order chi connectivity index (χ0) is 17.7. The van der Waals surface area contributed by atoms with Crippen LogP contribution < -0.4 is 0 Å². The Morgan fingerprint density at radius 1 is 1.12 bits per heavy atom. The van der Waals surface area contributed by atoms with Crippen LogP contribution in [0.5, 0.6) is 0 Å². The number of ether oxygens (including phenoxy) is 1. The van der Waals surface area contributed by atoms with Gasteiger partial charge in [-0.2, -0.15) is 4.31 Å². The highest BCUT2D eigenvalue weighted by molar-refractivity contribution is 7.89. The lowest BCUT2D eigenvalue weighted by molar-refractivity contribution is -0.185. The van der Waals surface area contributed by atoms with E-state index in [9.17, 15) is 13.5 Å². The Morgan fingerprint density at radius 3 is 2.33 bits per heavy atom. The first-order valence-electron chi connectivity index (χ1n) is 8.74. The molecule has 2 rings (SSSR count). The van der Waals surface area contributed by atoms with Crippen molar-refractivity contribution in [2.24, 2.45) is 0 Å². The average Bonchev–Trinajstić information content (AvgIpc) is 2.55. The van der Waals surface area contributed by atoms with Gasteiger partial charge in [-0.25, -0.2) is 8.42 Å². The Labute approximate surface area is 145 Å². The number of aliphatic hydroxyl groups is 1. The number of benzene rings is 1. The topological polar surface area (TPSA) is 66.8 Å². The number of aliphatic hydroxyl groups excluding tert-OH is 1. The number of unbranched alkanes of at least 4 members (excludes halogenated alkanes) is 4. The van der Waals surface area contributed by atoms with E-state index in [0.29, 0.717) is 6.42 Å². The number of sulfonamides is 1. The third-order valence-corrected chi connectivity index (χ3v) is 6.61. The summed E-state index contributed by atoms with van der Waals surface area (Å²) in [5.74, 6) is 0. The van der Waals surface area contributed by atoms with Crippen LogP contribution in [-0.4, -0.2) is 43.3 Å². The lowest BCUT2D eigenvalue weighted by Crippen LogP contribution is -2.69. The molecule has 6 heteroatoms. The molecular formula is C18H29NO4S. The molecule has 3 atom stereocenters. The van der Waals surface area contributed by atoms with Gasteiger partial charge >= 0.3 is 0 Å². The number of methoxy groups -OCH3 is 1. The summed E-state index contributed by atoms with van der Waals surface area (Å²) in [7, 11) is -2.23. The van der Waals surface area contributed by atoms with Crippen molar-refractivity contribution < 1.29 is 18.3 Å². The van der Waals surface area contributed by atoms with Gasteiger partial charge in [-0.1, -0.05) is 56.7 Å². The molecule has 0 radical (unpaired) electrons. The van der Waals surface area contributed by atoms with Crippen molar-refractivity contribution in [2.45, 2.75) is 75.6 Å². The van der Waals surface area contributed by atoms with Gasteiger partial charge in [0.2, 0.25) is 10.0 Å². The minimum Gasteiger partial charge on any atom is -0.387 e. The van der Waals surface area contributed by atoms with Crippen LogP contribution in [0.15, 0.2) is 29.2 Å². The minimum absolute atomic E-state index is 0.248. The Bertz CT molecular complexity index is 614. The van der Waals surface area contributed by atoms with Crippen LogP contribution in [0.4, 0.5) is 0 Å². The highest BCUT2D eigenvalue weighted by atomic mass is 32.2. The first-order valence-corrected chi connectivity index (χ1v) is 10.2. The summed E-state index contributed by atoms with van der Waals surface area (Å²) >= 11 is 0. The summed E-state index contributed by atoms with van der Waals surface area (Å²) in [6, 6.07) is 6.39. The molecule has 1 saturated heterocycles. The maximum Gasteiger partial charge on any atom is 0.245 e. The fraction of sp³-hybridized carbons (Fsp3) is 0.667. The minimum atomic E-state index is -3.66. The molecule has 0 spiro atoms. The molecule has 1 aromatic carbocycles. The molecule has 1 N–H and O–H groups in total. The van der Waals surface area contributed by atoms with Crippen molar-refractivity contribution in [1.29, 1.82) is 0 Å². The summed E-state index contributed by atoms with van der Waals surface area (Å²) in [6.07, 6.45) is 4.60.